The smallest absolute Gasteiger partial charge is 0.229 e. The molecule has 3 N–H and O–H groups in total. The van der Waals surface area contributed by atoms with Crippen LogP contribution in [0.15, 0.2) is 30.3 Å². The van der Waals surface area contributed by atoms with Crippen LogP contribution in [0.1, 0.15) is 91.2 Å². The molecule has 3 aromatic rings. The van der Waals surface area contributed by atoms with Crippen molar-refractivity contribution >= 4 is 34.2 Å². The van der Waals surface area contributed by atoms with E-state index in [4.69, 9.17) is 5.73 Å². The Labute approximate surface area is 275 Å². The van der Waals surface area contributed by atoms with E-state index in [1.54, 1.807) is 6.07 Å². The Hall–Kier alpha value is -4.16. The fourth-order valence-electron chi connectivity index (χ4n) is 10.1. The fraction of sp³-hybridized carbons (Fsp3) is 0.526. The minimum Gasteiger partial charge on any atom is -0.368 e. The molecule has 9 heteroatoms. The lowest BCUT2D eigenvalue weighted by Gasteiger charge is -2.69. The van der Waals surface area contributed by atoms with Gasteiger partial charge >= 0.3 is 0 Å². The molecule has 3 heterocycles. The number of H-pyrrole nitrogens is 1. The summed E-state index contributed by atoms with van der Waals surface area (Å²) in [6.45, 7) is 10.7. The zero-order valence-electron chi connectivity index (χ0n) is 27.5. The summed E-state index contributed by atoms with van der Waals surface area (Å²) < 4.78 is 0. The summed E-state index contributed by atoms with van der Waals surface area (Å²) in [5, 5.41) is 10.3. The van der Waals surface area contributed by atoms with E-state index in [0.717, 1.165) is 77.9 Å². The third kappa shape index (κ3) is 3.76. The number of aromatic nitrogens is 1. The molecule has 2 aliphatic heterocycles. The second-order valence-electron chi connectivity index (χ2n) is 16.1. The molecular formula is C38H42N6O3. The van der Waals surface area contributed by atoms with Crippen LogP contribution in [0.4, 0.5) is 5.69 Å². The van der Waals surface area contributed by atoms with Gasteiger partial charge in [-0.05, 0) is 73.9 Å². The van der Waals surface area contributed by atoms with Crippen molar-refractivity contribution in [2.75, 3.05) is 44.2 Å². The number of carbonyl (C=O) groups excluding carboxylic acids is 3. The molecule has 4 saturated carbocycles. The van der Waals surface area contributed by atoms with Crippen molar-refractivity contribution in [3.05, 3.63) is 63.8 Å². The van der Waals surface area contributed by atoms with E-state index in [0.29, 0.717) is 50.0 Å². The first-order chi connectivity index (χ1) is 22.4. The van der Waals surface area contributed by atoms with Gasteiger partial charge in [0.15, 0.2) is 5.78 Å². The van der Waals surface area contributed by atoms with Gasteiger partial charge in [-0.2, -0.15) is 5.26 Å². The monoisotopic (exact) mass is 630 g/mol. The van der Waals surface area contributed by atoms with Crippen LogP contribution >= 0.6 is 0 Å². The molecule has 7 aliphatic rings. The van der Waals surface area contributed by atoms with Crippen molar-refractivity contribution in [3.63, 3.8) is 0 Å². The van der Waals surface area contributed by atoms with Crippen LogP contribution in [-0.4, -0.2) is 77.7 Å². The Kier molecular flexibility index (Phi) is 5.71. The molecule has 9 nitrogen and oxygen atoms in total. The maximum Gasteiger partial charge on any atom is 0.229 e. The predicted octanol–water partition coefficient (Wildman–Crippen LogP) is 4.24. The number of amides is 2. The highest BCUT2D eigenvalue weighted by Gasteiger charge is 2.76. The highest BCUT2D eigenvalue weighted by molar-refractivity contribution is 6.20. The van der Waals surface area contributed by atoms with Crippen molar-refractivity contribution in [1.29, 1.82) is 5.26 Å². The molecule has 1 atom stereocenters. The Morgan fingerprint density at radius 2 is 1.68 bits per heavy atom. The number of aryl methyl sites for hydroxylation is 1. The number of nitrogens with two attached hydrogens (primary N) is 1. The number of benzene rings is 2. The zero-order chi connectivity index (χ0) is 32.7. The molecule has 2 bridgehead atoms. The lowest BCUT2D eigenvalue weighted by atomic mass is 9.34. The van der Waals surface area contributed by atoms with E-state index in [9.17, 15) is 19.6 Å². The molecule has 6 fully saturated rings. The van der Waals surface area contributed by atoms with Crippen molar-refractivity contribution in [2.24, 2.45) is 22.0 Å². The largest absolute Gasteiger partial charge is 0.368 e. The van der Waals surface area contributed by atoms with E-state index in [2.05, 4.69) is 48.9 Å². The Bertz CT molecular complexity index is 1950. The number of nitrogens with one attached hydrogen (secondary N) is 1. The second-order valence-corrected chi connectivity index (χ2v) is 16.1. The summed E-state index contributed by atoms with van der Waals surface area (Å²) in [5.41, 5.74) is 12.4. The van der Waals surface area contributed by atoms with Crippen LogP contribution in [0.5, 0.6) is 0 Å². The van der Waals surface area contributed by atoms with E-state index >= 15 is 0 Å². The second kappa shape index (κ2) is 9.25. The van der Waals surface area contributed by atoms with Gasteiger partial charge in [0.25, 0.3) is 0 Å². The number of carbonyl (C=O) groups is 3. The van der Waals surface area contributed by atoms with Crippen molar-refractivity contribution in [2.45, 2.75) is 70.8 Å². The van der Waals surface area contributed by atoms with Crippen LogP contribution < -0.4 is 10.6 Å². The lowest BCUT2D eigenvalue weighted by molar-refractivity contribution is -0.221. The average molecular weight is 631 g/mol. The number of aromatic amines is 1. The molecule has 2 aromatic carbocycles. The maximum absolute atomic E-state index is 14.0. The molecule has 47 heavy (non-hydrogen) atoms. The number of ketones is 1. The summed E-state index contributed by atoms with van der Waals surface area (Å²) in [4.78, 5) is 51.2. The molecular weight excluding hydrogens is 588 g/mol. The van der Waals surface area contributed by atoms with Gasteiger partial charge in [-0.3, -0.25) is 14.4 Å². The van der Waals surface area contributed by atoms with Gasteiger partial charge in [-0.15, -0.1) is 0 Å². The third-order valence-corrected chi connectivity index (χ3v) is 13.0. The average Bonchev–Trinajstić information content (AvgIpc) is 3.60. The van der Waals surface area contributed by atoms with E-state index in [1.165, 1.54) is 0 Å². The number of likely N-dealkylation sites (tertiary alicyclic amines) is 1. The minimum absolute atomic E-state index is 0.0244. The normalized spacial score (nSPS) is 29.2. The van der Waals surface area contributed by atoms with Crippen molar-refractivity contribution in [1.82, 2.24) is 14.8 Å². The maximum atomic E-state index is 14.0. The molecule has 10 rings (SSSR count). The summed E-state index contributed by atoms with van der Waals surface area (Å²) in [5.74, 6) is 0.488. The van der Waals surface area contributed by atoms with Gasteiger partial charge in [-0.25, -0.2) is 0 Å². The first kappa shape index (κ1) is 29.0. The SMILES string of the molecule is CCc1cc2c(cc1N1CCN(C(=O)C34CC(C(=O)N5C[C@H](N)C6(CC6)C5)(C3)C4)CC1)C(C)(C)c1[nH]c3cc(C#N)ccc3c1C2=O. The van der Waals surface area contributed by atoms with Crippen LogP contribution in [0.25, 0.3) is 10.9 Å². The Balaban J connectivity index is 0.913. The minimum atomic E-state index is -0.444. The van der Waals surface area contributed by atoms with Gasteiger partial charge in [0, 0.05) is 84.0 Å². The molecule has 0 unspecified atom stereocenters. The molecule has 1 spiro atoms. The standard InChI is InChI=1S/C38H42N6O3/c1-4-23-14-25-26(35(2,3)32-30(31(25)45)24-6-5-22(16-39)13-27(24)41-32)15-28(23)42-9-11-43(12-10-42)33(46)37-18-38(19-37,20-37)34(47)44-17-29(40)36(21-44)7-8-36/h5-6,13-15,29,41H,4,7-12,17-21,40H2,1-3H3/t29-,37?,38?/m0/s1. The molecule has 0 radical (unpaired) electrons. The van der Waals surface area contributed by atoms with Gasteiger partial charge in [0.2, 0.25) is 11.8 Å². The van der Waals surface area contributed by atoms with Gasteiger partial charge in [0.1, 0.15) is 0 Å². The van der Waals surface area contributed by atoms with Crippen LogP contribution in [0.3, 0.4) is 0 Å². The number of rotatable bonds is 4. The number of fused-ring (bicyclic) bond motifs is 4. The molecule has 5 aliphatic carbocycles. The van der Waals surface area contributed by atoms with Crippen LogP contribution in [-0.2, 0) is 21.4 Å². The fourth-order valence-corrected chi connectivity index (χ4v) is 10.1. The number of hydrogen-bond donors (Lipinski definition) is 2. The quantitative estimate of drug-likeness (QED) is 0.444. The van der Waals surface area contributed by atoms with Gasteiger partial charge < -0.3 is 25.4 Å². The van der Waals surface area contributed by atoms with Crippen molar-refractivity contribution in [3.8, 4) is 6.07 Å². The van der Waals surface area contributed by atoms with E-state index in [1.807, 2.05) is 21.9 Å². The lowest BCUT2D eigenvalue weighted by Crippen LogP contribution is -2.73. The van der Waals surface area contributed by atoms with Gasteiger partial charge in [-0.1, -0.05) is 26.8 Å². The number of nitrogens with zero attached hydrogens (tertiary/aromatic N) is 4. The van der Waals surface area contributed by atoms with Crippen LogP contribution in [0, 0.1) is 27.6 Å². The number of piperazine rings is 1. The van der Waals surface area contributed by atoms with Gasteiger partial charge in [0.05, 0.1) is 28.0 Å². The predicted molar refractivity (Wildman–Crippen MR) is 178 cm³/mol. The molecule has 2 amide bonds. The summed E-state index contributed by atoms with van der Waals surface area (Å²) >= 11 is 0. The first-order valence-corrected chi connectivity index (χ1v) is 17.3. The Morgan fingerprint density at radius 3 is 2.30 bits per heavy atom. The number of hydrogen-bond acceptors (Lipinski definition) is 6. The number of nitriles is 1. The summed E-state index contributed by atoms with van der Waals surface area (Å²) in [7, 11) is 0. The summed E-state index contributed by atoms with van der Waals surface area (Å²) in [6, 6.07) is 12.1. The summed E-state index contributed by atoms with van der Waals surface area (Å²) in [6.07, 6.45) is 5.14. The first-order valence-electron chi connectivity index (χ1n) is 17.3. The molecule has 2 saturated heterocycles. The third-order valence-electron chi connectivity index (χ3n) is 13.0. The highest BCUT2D eigenvalue weighted by Crippen LogP contribution is 2.74. The Morgan fingerprint density at radius 1 is 1.00 bits per heavy atom. The molecule has 242 valence electrons. The van der Waals surface area contributed by atoms with E-state index < -0.39 is 5.41 Å². The molecule has 1 aromatic heterocycles. The topological polar surface area (TPSA) is 127 Å². The van der Waals surface area contributed by atoms with E-state index in [-0.39, 0.29) is 39.9 Å². The number of anilines is 1. The van der Waals surface area contributed by atoms with Crippen molar-refractivity contribution < 1.29 is 14.4 Å². The van der Waals surface area contributed by atoms with Crippen LogP contribution in [0.2, 0.25) is 0 Å². The zero-order valence-corrected chi connectivity index (χ0v) is 27.5. The highest BCUT2D eigenvalue weighted by atomic mass is 16.2.